The molecular weight excluding hydrogens is 324 g/mol. The molecule has 132 valence electrons. The van der Waals surface area contributed by atoms with Crippen molar-refractivity contribution in [3.63, 3.8) is 0 Å². The van der Waals surface area contributed by atoms with Crippen molar-refractivity contribution in [1.29, 1.82) is 0 Å². The highest BCUT2D eigenvalue weighted by molar-refractivity contribution is 6.07. The van der Waals surface area contributed by atoms with E-state index in [-0.39, 0.29) is 17.6 Å². The highest BCUT2D eigenvalue weighted by atomic mass is 16.2. The zero-order chi connectivity index (χ0) is 18.3. The molecule has 4 rings (SSSR count). The maximum atomic E-state index is 13.1. The summed E-state index contributed by atoms with van der Waals surface area (Å²) in [5.41, 5.74) is 5.84. The van der Waals surface area contributed by atoms with Crippen LogP contribution >= 0.6 is 0 Å². The summed E-state index contributed by atoms with van der Waals surface area (Å²) >= 11 is 0. The molecule has 0 bridgehead atoms. The number of hydrogen-bond donors (Lipinski definition) is 0. The van der Waals surface area contributed by atoms with Crippen LogP contribution in [0.5, 0.6) is 0 Å². The van der Waals surface area contributed by atoms with Gasteiger partial charge in [-0.15, -0.1) is 0 Å². The Morgan fingerprint density at radius 1 is 1.04 bits per heavy atom. The summed E-state index contributed by atoms with van der Waals surface area (Å²) in [5, 5.41) is 0. The maximum Gasteiger partial charge on any atom is 0.232 e. The molecule has 1 unspecified atom stereocenters. The molecule has 0 radical (unpaired) electrons. The number of benzene rings is 1. The van der Waals surface area contributed by atoms with E-state index in [0.717, 1.165) is 40.9 Å². The summed E-state index contributed by atoms with van der Waals surface area (Å²) in [6.07, 6.45) is 5.90. The fourth-order valence-corrected chi connectivity index (χ4v) is 4.21. The van der Waals surface area contributed by atoms with Crippen LogP contribution in [0.25, 0.3) is 0 Å². The fourth-order valence-electron chi connectivity index (χ4n) is 4.21. The normalized spacial score (nSPS) is 20.4. The zero-order valence-corrected chi connectivity index (χ0v) is 15.2. The van der Waals surface area contributed by atoms with Crippen molar-refractivity contribution >= 4 is 17.4 Å². The minimum absolute atomic E-state index is 0.0622. The summed E-state index contributed by atoms with van der Waals surface area (Å²) in [4.78, 5) is 31.8. The summed E-state index contributed by atoms with van der Waals surface area (Å²) in [5.74, 6) is 0.0813. The number of carbonyl (C=O) groups excluding carboxylic acids is 2. The van der Waals surface area contributed by atoms with Crippen molar-refractivity contribution in [2.45, 2.75) is 45.4 Å². The van der Waals surface area contributed by atoms with Gasteiger partial charge in [-0.2, -0.15) is 0 Å². The lowest BCUT2D eigenvalue weighted by atomic mass is 9.77. The van der Waals surface area contributed by atoms with Crippen LogP contribution in [-0.2, 0) is 9.59 Å². The third kappa shape index (κ3) is 2.75. The highest BCUT2D eigenvalue weighted by Crippen LogP contribution is 2.43. The first-order chi connectivity index (χ1) is 12.6. The maximum absolute atomic E-state index is 13.1. The molecule has 0 spiro atoms. The number of carbonyl (C=O) groups is 2. The van der Waals surface area contributed by atoms with Crippen molar-refractivity contribution in [1.82, 2.24) is 4.98 Å². The van der Waals surface area contributed by atoms with E-state index in [1.165, 1.54) is 5.56 Å². The third-order valence-electron chi connectivity index (χ3n) is 5.38. The molecule has 1 aliphatic heterocycles. The van der Waals surface area contributed by atoms with Gasteiger partial charge in [0, 0.05) is 42.4 Å². The molecule has 0 saturated heterocycles. The number of ketones is 1. The Hall–Kier alpha value is -2.75. The van der Waals surface area contributed by atoms with Gasteiger partial charge >= 0.3 is 0 Å². The Kier molecular flexibility index (Phi) is 4.19. The van der Waals surface area contributed by atoms with Gasteiger partial charge in [-0.25, -0.2) is 0 Å². The molecule has 1 aliphatic carbocycles. The molecule has 0 saturated carbocycles. The highest BCUT2D eigenvalue weighted by Gasteiger charge is 2.39. The van der Waals surface area contributed by atoms with Crippen LogP contribution < -0.4 is 4.90 Å². The molecule has 1 amide bonds. The molecule has 1 atom stereocenters. The Morgan fingerprint density at radius 2 is 1.81 bits per heavy atom. The van der Waals surface area contributed by atoms with Crippen LogP contribution in [0.1, 0.15) is 48.3 Å². The minimum Gasteiger partial charge on any atom is -0.294 e. The van der Waals surface area contributed by atoms with Crippen molar-refractivity contribution < 1.29 is 9.59 Å². The van der Waals surface area contributed by atoms with Crippen molar-refractivity contribution in [2.75, 3.05) is 4.90 Å². The second-order valence-corrected chi connectivity index (χ2v) is 7.19. The predicted molar refractivity (Wildman–Crippen MR) is 101 cm³/mol. The smallest absolute Gasteiger partial charge is 0.232 e. The number of anilines is 1. The summed E-state index contributed by atoms with van der Waals surface area (Å²) in [6.45, 7) is 4.07. The average molecular weight is 346 g/mol. The number of Topliss-reactive ketones (excluding diaryl/α,β-unsaturated/α-hetero) is 1. The standard InChI is InChI=1S/C22H22N2O2/c1-14-6-7-18(15(2)12-14)24-19-4-3-5-20(25)22(19)17(13-21(24)26)16-8-10-23-11-9-16/h6-12,17H,3-5,13H2,1-2H3. The van der Waals surface area contributed by atoms with Gasteiger partial charge in [0.1, 0.15) is 0 Å². The van der Waals surface area contributed by atoms with Gasteiger partial charge in [-0.1, -0.05) is 17.7 Å². The number of nitrogens with zero attached hydrogens (tertiary/aromatic N) is 2. The van der Waals surface area contributed by atoms with Crippen LogP contribution in [0, 0.1) is 13.8 Å². The first-order valence-electron chi connectivity index (χ1n) is 9.12. The van der Waals surface area contributed by atoms with Crippen LogP contribution in [0.4, 0.5) is 5.69 Å². The molecule has 4 nitrogen and oxygen atoms in total. The van der Waals surface area contributed by atoms with E-state index in [1.54, 1.807) is 17.3 Å². The molecule has 26 heavy (non-hydrogen) atoms. The quantitative estimate of drug-likeness (QED) is 0.818. The summed E-state index contributed by atoms with van der Waals surface area (Å²) in [6, 6.07) is 9.94. The van der Waals surface area contributed by atoms with E-state index in [9.17, 15) is 9.59 Å². The van der Waals surface area contributed by atoms with E-state index >= 15 is 0 Å². The molecule has 1 aromatic heterocycles. The fraction of sp³-hybridized carbons (Fsp3) is 0.318. The first-order valence-corrected chi connectivity index (χ1v) is 9.12. The van der Waals surface area contributed by atoms with E-state index in [2.05, 4.69) is 11.1 Å². The third-order valence-corrected chi connectivity index (χ3v) is 5.38. The van der Waals surface area contributed by atoms with E-state index in [4.69, 9.17) is 0 Å². The Morgan fingerprint density at radius 3 is 2.54 bits per heavy atom. The molecule has 2 aromatic rings. The molecule has 2 heterocycles. The number of aryl methyl sites for hydroxylation is 2. The second kappa shape index (κ2) is 6.52. The van der Waals surface area contributed by atoms with Crippen LogP contribution in [0.15, 0.2) is 54.0 Å². The minimum atomic E-state index is -0.157. The van der Waals surface area contributed by atoms with Crippen LogP contribution in [0.2, 0.25) is 0 Å². The van der Waals surface area contributed by atoms with Gasteiger partial charge in [-0.05, 0) is 56.0 Å². The van der Waals surface area contributed by atoms with Gasteiger partial charge in [0.25, 0.3) is 0 Å². The summed E-state index contributed by atoms with van der Waals surface area (Å²) < 4.78 is 0. The summed E-state index contributed by atoms with van der Waals surface area (Å²) in [7, 11) is 0. The molecule has 0 fully saturated rings. The first kappa shape index (κ1) is 16.7. The lowest BCUT2D eigenvalue weighted by molar-refractivity contribution is -0.119. The second-order valence-electron chi connectivity index (χ2n) is 7.19. The van der Waals surface area contributed by atoms with Gasteiger partial charge in [-0.3, -0.25) is 19.5 Å². The number of hydrogen-bond acceptors (Lipinski definition) is 3. The number of pyridine rings is 1. The largest absolute Gasteiger partial charge is 0.294 e. The number of aromatic nitrogens is 1. The lowest BCUT2D eigenvalue weighted by Crippen LogP contribution is -2.40. The van der Waals surface area contributed by atoms with Gasteiger partial charge < -0.3 is 0 Å². The Bertz CT molecular complexity index is 915. The number of rotatable bonds is 2. The van der Waals surface area contributed by atoms with E-state index in [1.807, 2.05) is 38.1 Å². The van der Waals surface area contributed by atoms with E-state index in [0.29, 0.717) is 12.8 Å². The average Bonchev–Trinajstić information content (AvgIpc) is 2.63. The van der Waals surface area contributed by atoms with Gasteiger partial charge in [0.2, 0.25) is 5.91 Å². The number of amides is 1. The zero-order valence-electron chi connectivity index (χ0n) is 15.2. The molecule has 2 aliphatic rings. The molecule has 4 heteroatoms. The van der Waals surface area contributed by atoms with Crippen LogP contribution in [0.3, 0.4) is 0 Å². The topological polar surface area (TPSA) is 50.3 Å². The Labute approximate surface area is 153 Å². The SMILES string of the molecule is Cc1ccc(N2C(=O)CC(c3ccncc3)C3=C2CCCC3=O)c(C)c1. The number of allylic oxidation sites excluding steroid dienone is 2. The molecule has 0 N–H and O–H groups in total. The van der Waals surface area contributed by atoms with Gasteiger partial charge in [0.15, 0.2) is 5.78 Å². The van der Waals surface area contributed by atoms with Gasteiger partial charge in [0.05, 0.1) is 5.69 Å². The monoisotopic (exact) mass is 346 g/mol. The van der Waals surface area contributed by atoms with Crippen LogP contribution in [-0.4, -0.2) is 16.7 Å². The molecule has 1 aromatic carbocycles. The Balaban J connectivity index is 1.88. The van der Waals surface area contributed by atoms with Crippen molar-refractivity contribution in [2.24, 2.45) is 0 Å². The molecular formula is C22H22N2O2. The van der Waals surface area contributed by atoms with Crippen molar-refractivity contribution in [3.05, 3.63) is 70.7 Å². The lowest BCUT2D eigenvalue weighted by Gasteiger charge is -2.39. The predicted octanol–water partition coefficient (Wildman–Crippen LogP) is 4.23. The van der Waals surface area contributed by atoms with Crippen molar-refractivity contribution in [3.8, 4) is 0 Å². The van der Waals surface area contributed by atoms with E-state index < -0.39 is 0 Å².